The molecule has 2 aliphatic rings. The van der Waals surface area contributed by atoms with Crippen LogP contribution in [0.15, 0.2) is 36.4 Å². The normalized spacial score (nSPS) is 17.2. The highest BCUT2D eigenvalue weighted by Crippen LogP contribution is 2.30. The summed E-state index contributed by atoms with van der Waals surface area (Å²) >= 11 is 0. The van der Waals surface area contributed by atoms with Crippen LogP contribution in [0.2, 0.25) is 0 Å². The van der Waals surface area contributed by atoms with Crippen LogP contribution in [0.3, 0.4) is 0 Å². The SMILES string of the molecule is CC(C)c1cc(C(=O)N2Cc3ccc(CN4CCCCC4)cc3C2)ccc1O. The summed E-state index contributed by atoms with van der Waals surface area (Å²) in [4.78, 5) is 17.5. The van der Waals surface area contributed by atoms with Crippen molar-refractivity contribution in [1.82, 2.24) is 9.80 Å². The third kappa shape index (κ3) is 3.93. The first-order valence-electron chi connectivity index (χ1n) is 10.5. The fourth-order valence-corrected chi connectivity index (χ4v) is 4.40. The Morgan fingerprint density at radius 3 is 2.50 bits per heavy atom. The quantitative estimate of drug-likeness (QED) is 0.842. The number of fused-ring (bicyclic) bond motifs is 1. The zero-order chi connectivity index (χ0) is 19.7. The molecule has 148 valence electrons. The molecule has 0 bridgehead atoms. The van der Waals surface area contributed by atoms with Crippen molar-refractivity contribution < 1.29 is 9.90 Å². The number of amides is 1. The predicted molar refractivity (Wildman–Crippen MR) is 111 cm³/mol. The molecule has 0 spiro atoms. The molecule has 1 saturated heterocycles. The first kappa shape index (κ1) is 19.0. The first-order valence-corrected chi connectivity index (χ1v) is 10.5. The number of nitrogens with zero attached hydrogens (tertiary/aromatic N) is 2. The summed E-state index contributed by atoms with van der Waals surface area (Å²) in [5, 5.41) is 10.0. The summed E-state index contributed by atoms with van der Waals surface area (Å²) in [5.74, 6) is 0.482. The molecule has 28 heavy (non-hydrogen) atoms. The van der Waals surface area contributed by atoms with Gasteiger partial charge in [0, 0.05) is 25.2 Å². The number of benzene rings is 2. The second-order valence-electron chi connectivity index (χ2n) is 8.53. The van der Waals surface area contributed by atoms with Gasteiger partial charge in [0.05, 0.1) is 0 Å². The Morgan fingerprint density at radius 2 is 1.75 bits per heavy atom. The van der Waals surface area contributed by atoms with Gasteiger partial charge in [0.25, 0.3) is 5.91 Å². The van der Waals surface area contributed by atoms with Crippen molar-refractivity contribution in [2.45, 2.75) is 58.7 Å². The molecular formula is C24H30N2O2. The van der Waals surface area contributed by atoms with Gasteiger partial charge in [0.1, 0.15) is 5.75 Å². The van der Waals surface area contributed by atoms with E-state index in [1.54, 1.807) is 12.1 Å². The van der Waals surface area contributed by atoms with Crippen LogP contribution in [0.5, 0.6) is 5.75 Å². The number of phenols is 1. The van der Waals surface area contributed by atoms with Crippen molar-refractivity contribution in [3.05, 3.63) is 64.2 Å². The van der Waals surface area contributed by atoms with E-state index in [1.807, 2.05) is 24.8 Å². The minimum Gasteiger partial charge on any atom is -0.508 e. The molecule has 2 aliphatic heterocycles. The number of aromatic hydroxyl groups is 1. The van der Waals surface area contributed by atoms with E-state index in [2.05, 4.69) is 23.1 Å². The average molecular weight is 379 g/mol. The zero-order valence-corrected chi connectivity index (χ0v) is 16.9. The predicted octanol–water partition coefficient (Wildman–Crippen LogP) is 4.66. The lowest BCUT2D eigenvalue weighted by Gasteiger charge is -2.26. The van der Waals surface area contributed by atoms with Gasteiger partial charge < -0.3 is 10.0 Å². The van der Waals surface area contributed by atoms with E-state index in [0.29, 0.717) is 18.7 Å². The fourth-order valence-electron chi connectivity index (χ4n) is 4.40. The Kier molecular flexibility index (Phi) is 5.40. The van der Waals surface area contributed by atoms with Gasteiger partial charge in [-0.05, 0) is 72.3 Å². The summed E-state index contributed by atoms with van der Waals surface area (Å²) in [6.07, 6.45) is 3.96. The standard InChI is InChI=1S/C24H30N2O2/c1-17(2)22-13-19(8-9-23(22)27)24(28)26-15-20-7-6-18(12-21(20)16-26)14-25-10-4-3-5-11-25/h6-9,12-13,17,27H,3-5,10-11,14-16H2,1-2H3. The van der Waals surface area contributed by atoms with Crippen LogP contribution < -0.4 is 0 Å². The first-order chi connectivity index (χ1) is 13.5. The summed E-state index contributed by atoms with van der Waals surface area (Å²) in [6.45, 7) is 8.78. The maximum absolute atomic E-state index is 13.0. The van der Waals surface area contributed by atoms with E-state index < -0.39 is 0 Å². The molecule has 1 N–H and O–H groups in total. The van der Waals surface area contributed by atoms with Gasteiger partial charge >= 0.3 is 0 Å². The molecule has 1 fully saturated rings. The van der Waals surface area contributed by atoms with Crippen LogP contribution in [-0.4, -0.2) is 33.9 Å². The molecule has 2 heterocycles. The van der Waals surface area contributed by atoms with Crippen LogP contribution in [0, 0.1) is 0 Å². The smallest absolute Gasteiger partial charge is 0.254 e. The van der Waals surface area contributed by atoms with Crippen LogP contribution in [0.4, 0.5) is 0 Å². The minimum atomic E-state index is 0.0377. The third-order valence-corrected chi connectivity index (χ3v) is 6.03. The van der Waals surface area contributed by atoms with Crippen LogP contribution in [-0.2, 0) is 19.6 Å². The highest BCUT2D eigenvalue weighted by Gasteiger charge is 2.25. The Balaban J connectivity index is 1.47. The number of phenolic OH excluding ortho intramolecular Hbond substituents is 1. The maximum Gasteiger partial charge on any atom is 0.254 e. The topological polar surface area (TPSA) is 43.8 Å². The second kappa shape index (κ2) is 7.96. The van der Waals surface area contributed by atoms with Crippen molar-refractivity contribution in [2.75, 3.05) is 13.1 Å². The van der Waals surface area contributed by atoms with E-state index in [9.17, 15) is 9.90 Å². The van der Waals surface area contributed by atoms with E-state index in [1.165, 1.54) is 49.0 Å². The van der Waals surface area contributed by atoms with E-state index in [0.717, 1.165) is 12.1 Å². The Bertz CT molecular complexity index is 869. The fraction of sp³-hybridized carbons (Fsp3) is 0.458. The van der Waals surface area contributed by atoms with Crippen molar-refractivity contribution in [3.8, 4) is 5.75 Å². The summed E-state index contributed by atoms with van der Waals surface area (Å²) in [5.41, 5.74) is 5.35. The van der Waals surface area contributed by atoms with Crippen molar-refractivity contribution in [1.29, 1.82) is 0 Å². The third-order valence-electron chi connectivity index (χ3n) is 6.03. The van der Waals surface area contributed by atoms with Crippen LogP contribution in [0.25, 0.3) is 0 Å². The Morgan fingerprint density at radius 1 is 1.00 bits per heavy atom. The van der Waals surface area contributed by atoms with Crippen LogP contribution in [0.1, 0.15) is 71.6 Å². The molecule has 2 aromatic rings. The molecule has 2 aromatic carbocycles. The lowest BCUT2D eigenvalue weighted by Crippen LogP contribution is -2.29. The molecular weight excluding hydrogens is 348 g/mol. The Labute approximate surface area is 167 Å². The summed E-state index contributed by atoms with van der Waals surface area (Å²) in [7, 11) is 0. The van der Waals surface area contributed by atoms with Gasteiger partial charge in [-0.15, -0.1) is 0 Å². The van der Waals surface area contributed by atoms with Gasteiger partial charge in [-0.1, -0.05) is 38.5 Å². The highest BCUT2D eigenvalue weighted by atomic mass is 16.3. The number of rotatable bonds is 4. The number of likely N-dealkylation sites (tertiary alicyclic amines) is 1. The molecule has 4 heteroatoms. The molecule has 4 nitrogen and oxygen atoms in total. The second-order valence-corrected chi connectivity index (χ2v) is 8.53. The van der Waals surface area contributed by atoms with Gasteiger partial charge in [-0.25, -0.2) is 0 Å². The van der Waals surface area contributed by atoms with Crippen LogP contribution >= 0.6 is 0 Å². The highest BCUT2D eigenvalue weighted by molar-refractivity contribution is 5.95. The molecule has 1 amide bonds. The van der Waals surface area contributed by atoms with Gasteiger partial charge in [-0.3, -0.25) is 9.69 Å². The molecule has 0 unspecified atom stereocenters. The molecule has 0 aromatic heterocycles. The average Bonchev–Trinajstić information content (AvgIpc) is 3.12. The molecule has 0 saturated carbocycles. The lowest BCUT2D eigenvalue weighted by molar-refractivity contribution is 0.0751. The largest absolute Gasteiger partial charge is 0.508 e. The number of hydrogen-bond donors (Lipinski definition) is 1. The monoisotopic (exact) mass is 378 g/mol. The van der Waals surface area contributed by atoms with E-state index in [4.69, 9.17) is 0 Å². The van der Waals surface area contributed by atoms with Crippen molar-refractivity contribution in [2.24, 2.45) is 0 Å². The lowest BCUT2D eigenvalue weighted by atomic mass is 9.99. The number of carbonyl (C=O) groups is 1. The number of hydrogen-bond acceptors (Lipinski definition) is 3. The van der Waals surface area contributed by atoms with E-state index >= 15 is 0 Å². The van der Waals surface area contributed by atoms with Gasteiger partial charge in [0.2, 0.25) is 0 Å². The Hall–Kier alpha value is -2.33. The van der Waals surface area contributed by atoms with Gasteiger partial charge in [-0.2, -0.15) is 0 Å². The molecule has 0 atom stereocenters. The maximum atomic E-state index is 13.0. The van der Waals surface area contributed by atoms with Crippen molar-refractivity contribution in [3.63, 3.8) is 0 Å². The van der Waals surface area contributed by atoms with Crippen molar-refractivity contribution >= 4 is 5.91 Å². The summed E-state index contributed by atoms with van der Waals surface area (Å²) in [6, 6.07) is 11.9. The van der Waals surface area contributed by atoms with Gasteiger partial charge in [0.15, 0.2) is 0 Å². The number of carbonyl (C=O) groups excluding carboxylic acids is 1. The minimum absolute atomic E-state index is 0.0377. The molecule has 4 rings (SSSR count). The van der Waals surface area contributed by atoms with E-state index in [-0.39, 0.29) is 17.6 Å². The zero-order valence-electron chi connectivity index (χ0n) is 16.9. The molecule has 0 aliphatic carbocycles. The number of piperidine rings is 1. The summed E-state index contributed by atoms with van der Waals surface area (Å²) < 4.78 is 0. The molecule has 0 radical (unpaired) electrons.